The Hall–Kier alpha value is -4.11. The second-order valence-corrected chi connectivity index (χ2v) is 8.82. The first-order chi connectivity index (χ1) is 17.9. The zero-order valence-corrected chi connectivity index (χ0v) is 22.4. The number of rotatable bonds is 11. The molecule has 0 saturated carbocycles. The van der Waals surface area contributed by atoms with Gasteiger partial charge in [-0.15, -0.1) is 0 Å². The Morgan fingerprint density at radius 1 is 1.03 bits per heavy atom. The van der Waals surface area contributed by atoms with Crippen LogP contribution in [0.4, 0.5) is 5.69 Å². The summed E-state index contributed by atoms with van der Waals surface area (Å²) in [4.78, 5) is 24.2. The van der Waals surface area contributed by atoms with Gasteiger partial charge in [-0.3, -0.25) is 9.59 Å². The number of ether oxygens (including phenoxy) is 3. The van der Waals surface area contributed by atoms with Crippen molar-refractivity contribution in [2.75, 3.05) is 19.5 Å². The van der Waals surface area contributed by atoms with Crippen molar-refractivity contribution < 1.29 is 23.8 Å². The summed E-state index contributed by atoms with van der Waals surface area (Å²) in [5.74, 6) is 1.05. The van der Waals surface area contributed by atoms with Gasteiger partial charge in [0.15, 0.2) is 11.5 Å². The highest BCUT2D eigenvalue weighted by Gasteiger charge is 2.13. The van der Waals surface area contributed by atoms with E-state index in [1.807, 2.05) is 18.2 Å². The number of benzene rings is 3. The number of amides is 2. The van der Waals surface area contributed by atoms with E-state index >= 15 is 0 Å². The summed E-state index contributed by atoms with van der Waals surface area (Å²) in [6, 6.07) is 19.8. The molecule has 3 aromatic rings. The lowest BCUT2D eigenvalue weighted by molar-refractivity contribution is -0.124. The van der Waals surface area contributed by atoms with Crippen LogP contribution in [0, 0.1) is 14.9 Å². The third-order valence-corrected chi connectivity index (χ3v) is 5.92. The van der Waals surface area contributed by atoms with Crippen LogP contribution in [-0.2, 0) is 16.2 Å². The molecule has 2 N–H and O–H groups in total. The van der Waals surface area contributed by atoms with Gasteiger partial charge < -0.3 is 19.5 Å². The van der Waals surface area contributed by atoms with Crippen LogP contribution >= 0.6 is 22.6 Å². The van der Waals surface area contributed by atoms with Gasteiger partial charge in [-0.2, -0.15) is 10.4 Å². The summed E-state index contributed by atoms with van der Waals surface area (Å²) in [6.07, 6.45) is 1.48. The lowest BCUT2D eigenvalue weighted by atomic mass is 10.1. The quantitative estimate of drug-likeness (QED) is 0.185. The monoisotopic (exact) mass is 612 g/mol. The van der Waals surface area contributed by atoms with E-state index in [2.05, 4.69) is 44.5 Å². The molecule has 10 heteroatoms. The standard InChI is InChI=1S/C27H25IN4O5/c1-35-22-9-7-21(8-10-22)31-25(33)11-12-26(34)32-30-16-18-13-23(28)27(24(14-18)36-2)37-17-20-6-4-3-5-19(20)15-29/h3-10,13-14,16H,11-12,17H2,1-2H3,(H,31,33)(H,32,34). The van der Waals surface area contributed by atoms with Gasteiger partial charge in [-0.1, -0.05) is 18.2 Å². The van der Waals surface area contributed by atoms with Crippen LogP contribution in [0.1, 0.15) is 29.5 Å². The number of anilines is 1. The van der Waals surface area contributed by atoms with Gasteiger partial charge in [0.05, 0.1) is 35.6 Å². The predicted octanol–water partition coefficient (Wildman–Crippen LogP) is 4.63. The average molecular weight is 612 g/mol. The van der Waals surface area contributed by atoms with E-state index < -0.39 is 0 Å². The van der Waals surface area contributed by atoms with E-state index in [0.29, 0.717) is 34.1 Å². The lowest BCUT2D eigenvalue weighted by Crippen LogP contribution is -2.20. The van der Waals surface area contributed by atoms with Gasteiger partial charge in [-0.25, -0.2) is 5.43 Å². The number of carbonyl (C=O) groups excluding carboxylic acids is 2. The average Bonchev–Trinajstić information content (AvgIpc) is 2.91. The third-order valence-electron chi connectivity index (χ3n) is 5.12. The number of nitrogens with zero attached hydrogens (tertiary/aromatic N) is 2. The topological polar surface area (TPSA) is 122 Å². The first kappa shape index (κ1) is 27.5. The largest absolute Gasteiger partial charge is 0.497 e. The minimum atomic E-state index is -0.390. The van der Waals surface area contributed by atoms with E-state index in [1.54, 1.807) is 49.6 Å². The Morgan fingerprint density at radius 2 is 1.76 bits per heavy atom. The van der Waals surface area contributed by atoms with Crippen molar-refractivity contribution in [3.05, 3.63) is 80.9 Å². The summed E-state index contributed by atoms with van der Waals surface area (Å²) >= 11 is 2.12. The van der Waals surface area contributed by atoms with E-state index in [-0.39, 0.29) is 31.3 Å². The van der Waals surface area contributed by atoms with Crippen molar-refractivity contribution in [2.45, 2.75) is 19.4 Å². The minimum absolute atomic E-state index is 0.0140. The van der Waals surface area contributed by atoms with Crippen LogP contribution < -0.4 is 25.0 Å². The maximum Gasteiger partial charge on any atom is 0.240 e. The van der Waals surface area contributed by atoms with Gasteiger partial charge >= 0.3 is 0 Å². The van der Waals surface area contributed by atoms with E-state index in [9.17, 15) is 14.9 Å². The minimum Gasteiger partial charge on any atom is -0.497 e. The van der Waals surface area contributed by atoms with Gasteiger partial charge in [0.1, 0.15) is 12.4 Å². The molecule has 190 valence electrons. The Labute approximate surface area is 228 Å². The normalized spacial score (nSPS) is 10.4. The molecule has 0 aliphatic carbocycles. The molecule has 0 bridgehead atoms. The number of hydrogen-bond acceptors (Lipinski definition) is 7. The molecule has 2 amide bonds. The molecule has 3 rings (SSSR count). The van der Waals surface area contributed by atoms with Crippen molar-refractivity contribution in [2.24, 2.45) is 5.10 Å². The molecule has 0 spiro atoms. The molecule has 0 saturated heterocycles. The fourth-order valence-electron chi connectivity index (χ4n) is 3.22. The van der Waals surface area contributed by atoms with Crippen LogP contribution in [0.2, 0.25) is 0 Å². The summed E-state index contributed by atoms with van der Waals surface area (Å²) in [7, 11) is 3.09. The Balaban J connectivity index is 1.52. The highest BCUT2D eigenvalue weighted by Crippen LogP contribution is 2.34. The first-order valence-corrected chi connectivity index (χ1v) is 12.3. The molecule has 0 radical (unpaired) electrons. The van der Waals surface area contributed by atoms with Crippen molar-refractivity contribution in [3.8, 4) is 23.3 Å². The van der Waals surface area contributed by atoms with Crippen molar-refractivity contribution in [3.63, 3.8) is 0 Å². The first-order valence-electron chi connectivity index (χ1n) is 11.2. The Bertz CT molecular complexity index is 1320. The lowest BCUT2D eigenvalue weighted by Gasteiger charge is -2.14. The summed E-state index contributed by atoms with van der Waals surface area (Å²) in [5.41, 5.74) is 5.05. The van der Waals surface area contributed by atoms with Crippen molar-refractivity contribution >= 4 is 46.3 Å². The maximum absolute atomic E-state index is 12.1. The van der Waals surface area contributed by atoms with Crippen LogP contribution in [0.15, 0.2) is 65.8 Å². The van der Waals surface area contributed by atoms with Crippen LogP contribution in [0.5, 0.6) is 17.2 Å². The molecular weight excluding hydrogens is 587 g/mol. The molecule has 0 aliphatic rings. The zero-order chi connectivity index (χ0) is 26.6. The molecule has 0 fully saturated rings. The van der Waals surface area contributed by atoms with Crippen LogP contribution in [-0.4, -0.2) is 32.2 Å². The fraction of sp³-hybridized carbons (Fsp3) is 0.185. The van der Waals surface area contributed by atoms with E-state index in [1.165, 1.54) is 13.3 Å². The third kappa shape index (κ3) is 8.22. The number of hydrogen-bond donors (Lipinski definition) is 2. The number of nitriles is 1. The Kier molecular flexibility index (Phi) is 10.3. The van der Waals surface area contributed by atoms with Gasteiger partial charge in [0.25, 0.3) is 0 Å². The van der Waals surface area contributed by atoms with E-state index in [4.69, 9.17) is 14.2 Å². The number of methoxy groups -OCH3 is 2. The molecule has 0 unspecified atom stereocenters. The molecule has 0 aliphatic heterocycles. The molecule has 9 nitrogen and oxygen atoms in total. The fourth-order valence-corrected chi connectivity index (χ4v) is 4.00. The molecule has 0 aromatic heterocycles. The SMILES string of the molecule is COc1ccc(NC(=O)CCC(=O)NN=Cc2cc(I)c(OCc3ccccc3C#N)c(OC)c2)cc1. The second-order valence-electron chi connectivity index (χ2n) is 7.66. The van der Waals surface area contributed by atoms with Crippen LogP contribution in [0.25, 0.3) is 0 Å². The highest BCUT2D eigenvalue weighted by molar-refractivity contribution is 14.1. The van der Waals surface area contributed by atoms with Crippen molar-refractivity contribution in [1.29, 1.82) is 5.26 Å². The van der Waals surface area contributed by atoms with Crippen molar-refractivity contribution in [1.82, 2.24) is 5.43 Å². The van der Waals surface area contributed by atoms with Crippen LogP contribution in [0.3, 0.4) is 0 Å². The number of halogens is 1. The number of carbonyl (C=O) groups is 2. The predicted molar refractivity (Wildman–Crippen MR) is 148 cm³/mol. The van der Waals surface area contributed by atoms with Gasteiger partial charge in [-0.05, 0) is 70.6 Å². The van der Waals surface area contributed by atoms with E-state index in [0.717, 1.165) is 9.13 Å². The number of hydrazone groups is 1. The molecule has 37 heavy (non-hydrogen) atoms. The molecule has 0 atom stereocenters. The summed E-state index contributed by atoms with van der Waals surface area (Å²) < 4.78 is 17.3. The Morgan fingerprint density at radius 3 is 2.46 bits per heavy atom. The molecule has 0 heterocycles. The zero-order valence-electron chi connectivity index (χ0n) is 20.3. The highest BCUT2D eigenvalue weighted by atomic mass is 127. The summed E-state index contributed by atoms with van der Waals surface area (Å²) in [5, 5.41) is 16.0. The molecule has 3 aromatic carbocycles. The van der Waals surface area contributed by atoms with Gasteiger partial charge in [0, 0.05) is 24.1 Å². The summed E-state index contributed by atoms with van der Waals surface area (Å²) in [6.45, 7) is 0.214. The van der Waals surface area contributed by atoms with Gasteiger partial charge in [0.2, 0.25) is 11.8 Å². The maximum atomic E-state index is 12.1. The second kappa shape index (κ2) is 13.8. The molecular formula is C27H25IN4O5. The number of nitrogens with one attached hydrogen (secondary N) is 2. The smallest absolute Gasteiger partial charge is 0.240 e.